The highest BCUT2D eigenvalue weighted by molar-refractivity contribution is 7.17. The maximum Gasteiger partial charge on any atom is 0.160 e. The molecule has 1 heterocycles. The molecule has 0 aliphatic rings. The summed E-state index contributed by atoms with van der Waals surface area (Å²) in [5.74, 6) is 0. The number of hydrogen-bond acceptors (Lipinski definition) is 2. The van der Waals surface area contributed by atoms with E-state index in [1.807, 2.05) is 12.1 Å². The Morgan fingerprint density at radius 2 is 1.62 bits per heavy atom. The minimum absolute atomic E-state index is 0.793. The largest absolute Gasteiger partial charge is 0.297 e. The Morgan fingerprint density at radius 1 is 0.905 bits per heavy atom. The van der Waals surface area contributed by atoms with E-state index in [4.69, 9.17) is 0 Å². The second-order valence-electron chi connectivity index (χ2n) is 5.53. The van der Waals surface area contributed by atoms with Gasteiger partial charge >= 0.3 is 0 Å². The second kappa shape index (κ2) is 8.78. The van der Waals surface area contributed by atoms with Crippen LogP contribution in [0, 0.1) is 0 Å². The van der Waals surface area contributed by atoms with Crippen LogP contribution < -0.4 is 0 Å². The maximum absolute atomic E-state index is 10.7. The van der Waals surface area contributed by atoms with Crippen molar-refractivity contribution < 1.29 is 4.79 Å². The number of hydrogen-bond donors (Lipinski definition) is 0. The summed E-state index contributed by atoms with van der Waals surface area (Å²) in [6.07, 6.45) is 10.2. The summed E-state index contributed by atoms with van der Waals surface area (Å²) in [6.45, 7) is 2.26. The van der Waals surface area contributed by atoms with E-state index in [0.717, 1.165) is 11.2 Å². The quantitative estimate of drug-likeness (QED) is 0.402. The molecule has 0 atom stereocenters. The standard InChI is InChI=1S/C19H24OS/c1-2-3-4-5-6-7-8-16-9-11-17(12-10-16)19-14-13-18(15-20)21-19/h9-15H,2-8H2,1H3. The molecule has 21 heavy (non-hydrogen) atoms. The van der Waals surface area contributed by atoms with Crippen molar-refractivity contribution in [1.29, 1.82) is 0 Å². The first-order valence-electron chi connectivity index (χ1n) is 7.98. The molecule has 1 aromatic carbocycles. The molecule has 2 rings (SSSR count). The van der Waals surface area contributed by atoms with Crippen LogP contribution in [-0.4, -0.2) is 6.29 Å². The van der Waals surface area contributed by atoms with E-state index >= 15 is 0 Å². The lowest BCUT2D eigenvalue weighted by atomic mass is 10.0. The molecule has 0 spiro atoms. The van der Waals surface area contributed by atoms with Gasteiger partial charge in [-0.1, -0.05) is 63.3 Å². The van der Waals surface area contributed by atoms with Gasteiger partial charge in [0.05, 0.1) is 4.88 Å². The van der Waals surface area contributed by atoms with Gasteiger partial charge < -0.3 is 0 Å². The van der Waals surface area contributed by atoms with Crippen molar-refractivity contribution in [3.63, 3.8) is 0 Å². The first-order chi connectivity index (χ1) is 10.3. The highest BCUT2D eigenvalue weighted by atomic mass is 32.1. The molecule has 0 saturated carbocycles. The smallest absolute Gasteiger partial charge is 0.160 e. The molecule has 1 nitrogen and oxygen atoms in total. The van der Waals surface area contributed by atoms with Gasteiger partial charge in [0.2, 0.25) is 0 Å². The molecule has 0 N–H and O–H groups in total. The molecule has 1 aromatic heterocycles. The molecule has 0 aliphatic carbocycles. The number of benzene rings is 1. The van der Waals surface area contributed by atoms with Crippen LogP contribution in [0.5, 0.6) is 0 Å². The summed E-state index contributed by atoms with van der Waals surface area (Å²) < 4.78 is 0. The van der Waals surface area contributed by atoms with E-state index in [9.17, 15) is 4.79 Å². The summed E-state index contributed by atoms with van der Waals surface area (Å²) in [5, 5.41) is 0. The summed E-state index contributed by atoms with van der Waals surface area (Å²) >= 11 is 1.55. The number of aldehydes is 1. The van der Waals surface area contributed by atoms with Crippen LogP contribution in [0.3, 0.4) is 0 Å². The maximum atomic E-state index is 10.7. The number of thiophene rings is 1. The van der Waals surface area contributed by atoms with E-state index < -0.39 is 0 Å². The summed E-state index contributed by atoms with van der Waals surface area (Å²) in [5.41, 5.74) is 2.63. The minimum Gasteiger partial charge on any atom is -0.297 e. The van der Waals surface area contributed by atoms with Crippen LogP contribution in [0.2, 0.25) is 0 Å². The fourth-order valence-corrected chi connectivity index (χ4v) is 3.34. The van der Waals surface area contributed by atoms with Crippen LogP contribution in [0.4, 0.5) is 0 Å². The zero-order chi connectivity index (χ0) is 14.9. The fraction of sp³-hybridized carbons (Fsp3) is 0.421. The summed E-state index contributed by atoms with van der Waals surface area (Å²) in [4.78, 5) is 12.7. The Hall–Kier alpha value is -1.41. The summed E-state index contributed by atoms with van der Waals surface area (Å²) in [6, 6.07) is 12.7. The van der Waals surface area contributed by atoms with Gasteiger partial charge in [-0.3, -0.25) is 4.79 Å². The van der Waals surface area contributed by atoms with Crippen molar-refractivity contribution in [2.45, 2.75) is 51.9 Å². The molecule has 0 fully saturated rings. The Balaban J connectivity index is 1.80. The van der Waals surface area contributed by atoms with Crippen molar-refractivity contribution in [2.75, 3.05) is 0 Å². The Bertz CT molecular complexity index is 539. The zero-order valence-corrected chi connectivity index (χ0v) is 13.6. The predicted octanol–water partition coefficient (Wildman–Crippen LogP) is 6.13. The van der Waals surface area contributed by atoms with Gasteiger partial charge in [0.25, 0.3) is 0 Å². The van der Waals surface area contributed by atoms with E-state index in [0.29, 0.717) is 0 Å². The van der Waals surface area contributed by atoms with E-state index in [-0.39, 0.29) is 0 Å². The van der Waals surface area contributed by atoms with Crippen LogP contribution in [0.25, 0.3) is 10.4 Å². The Kier molecular flexibility index (Phi) is 6.68. The lowest BCUT2D eigenvalue weighted by molar-refractivity contribution is 0.112. The summed E-state index contributed by atoms with van der Waals surface area (Å²) in [7, 11) is 0. The molecule has 0 saturated heterocycles. The average molecular weight is 300 g/mol. The number of aryl methyl sites for hydroxylation is 1. The SMILES string of the molecule is CCCCCCCCc1ccc(-c2ccc(C=O)s2)cc1. The van der Waals surface area contributed by atoms with E-state index in [1.54, 1.807) is 11.3 Å². The van der Waals surface area contributed by atoms with E-state index in [1.165, 1.54) is 60.9 Å². The first-order valence-corrected chi connectivity index (χ1v) is 8.79. The van der Waals surface area contributed by atoms with E-state index in [2.05, 4.69) is 31.2 Å². The van der Waals surface area contributed by atoms with Crippen molar-refractivity contribution >= 4 is 17.6 Å². The first kappa shape index (κ1) is 16.0. The molecule has 2 aromatic rings. The Morgan fingerprint density at radius 3 is 2.29 bits per heavy atom. The molecule has 2 heteroatoms. The molecule has 112 valence electrons. The van der Waals surface area contributed by atoms with Gasteiger partial charge in [0.1, 0.15) is 0 Å². The molecule has 0 radical (unpaired) electrons. The number of rotatable bonds is 9. The third kappa shape index (κ3) is 5.13. The normalized spacial score (nSPS) is 10.7. The van der Waals surface area contributed by atoms with Crippen LogP contribution in [0.1, 0.15) is 60.7 Å². The highest BCUT2D eigenvalue weighted by Gasteiger charge is 2.02. The monoisotopic (exact) mass is 300 g/mol. The van der Waals surface area contributed by atoms with Crippen molar-refractivity contribution in [2.24, 2.45) is 0 Å². The van der Waals surface area contributed by atoms with Gasteiger partial charge in [0.15, 0.2) is 6.29 Å². The van der Waals surface area contributed by atoms with Gasteiger partial charge in [-0.05, 0) is 36.1 Å². The number of carbonyl (C=O) groups excluding carboxylic acids is 1. The topological polar surface area (TPSA) is 17.1 Å². The predicted molar refractivity (Wildman–Crippen MR) is 92.2 cm³/mol. The molecule has 0 aliphatic heterocycles. The zero-order valence-electron chi connectivity index (χ0n) is 12.8. The molecular formula is C19H24OS. The second-order valence-corrected chi connectivity index (χ2v) is 6.65. The van der Waals surface area contributed by atoms with Crippen molar-refractivity contribution in [3.8, 4) is 10.4 Å². The number of unbranched alkanes of at least 4 members (excludes halogenated alkanes) is 5. The minimum atomic E-state index is 0.793. The third-order valence-corrected chi connectivity index (χ3v) is 4.86. The molecule has 0 unspecified atom stereocenters. The van der Waals surface area contributed by atoms with Gasteiger partial charge in [0, 0.05) is 4.88 Å². The molecule has 0 bridgehead atoms. The lowest BCUT2D eigenvalue weighted by Crippen LogP contribution is -1.86. The fourth-order valence-electron chi connectivity index (χ4n) is 2.52. The number of carbonyl (C=O) groups is 1. The molecule has 0 amide bonds. The van der Waals surface area contributed by atoms with Gasteiger partial charge in [-0.25, -0.2) is 0 Å². The van der Waals surface area contributed by atoms with Crippen LogP contribution in [-0.2, 0) is 6.42 Å². The Labute approximate surface area is 132 Å². The molecular weight excluding hydrogens is 276 g/mol. The van der Waals surface area contributed by atoms with Crippen LogP contribution in [0.15, 0.2) is 36.4 Å². The van der Waals surface area contributed by atoms with Crippen molar-refractivity contribution in [3.05, 3.63) is 46.8 Å². The average Bonchev–Trinajstić information content (AvgIpc) is 3.00. The van der Waals surface area contributed by atoms with Gasteiger partial charge in [-0.15, -0.1) is 11.3 Å². The van der Waals surface area contributed by atoms with Crippen molar-refractivity contribution in [1.82, 2.24) is 0 Å². The van der Waals surface area contributed by atoms with Crippen LogP contribution >= 0.6 is 11.3 Å². The lowest BCUT2D eigenvalue weighted by Gasteiger charge is -2.03. The highest BCUT2D eigenvalue weighted by Crippen LogP contribution is 2.27. The third-order valence-electron chi connectivity index (χ3n) is 3.80. The van der Waals surface area contributed by atoms with Gasteiger partial charge in [-0.2, -0.15) is 0 Å².